The van der Waals surface area contributed by atoms with Crippen molar-refractivity contribution in [1.82, 2.24) is 4.90 Å². The Morgan fingerprint density at radius 1 is 1.19 bits per heavy atom. The van der Waals surface area contributed by atoms with Gasteiger partial charge in [0.1, 0.15) is 0 Å². The zero-order chi connectivity index (χ0) is 11.8. The van der Waals surface area contributed by atoms with Crippen molar-refractivity contribution in [2.45, 2.75) is 25.8 Å². The van der Waals surface area contributed by atoms with Crippen LogP contribution in [0.1, 0.15) is 24.8 Å². The Hall–Kier alpha value is -0.570. The topological polar surface area (TPSA) is 29.3 Å². The van der Waals surface area contributed by atoms with Crippen molar-refractivity contribution < 1.29 is 0 Å². The van der Waals surface area contributed by atoms with Crippen LogP contribution in [0, 0.1) is 0 Å². The lowest BCUT2D eigenvalue weighted by Gasteiger charge is -2.17. The molecule has 3 heteroatoms. The lowest BCUT2D eigenvalue weighted by Crippen LogP contribution is -2.19. The van der Waals surface area contributed by atoms with Crippen LogP contribution in [-0.4, -0.2) is 25.0 Å². The first-order chi connectivity index (χ1) is 7.74. The Balaban J connectivity index is 2.28. The van der Waals surface area contributed by atoms with E-state index in [0.29, 0.717) is 0 Å². The SMILES string of the molecule is CN(CCCCCN)Cc1ccccc1Cl. The van der Waals surface area contributed by atoms with Crippen LogP contribution in [0.25, 0.3) is 0 Å². The van der Waals surface area contributed by atoms with E-state index in [-0.39, 0.29) is 0 Å². The van der Waals surface area contributed by atoms with E-state index in [9.17, 15) is 0 Å². The number of halogens is 1. The first-order valence-electron chi connectivity index (χ1n) is 5.86. The monoisotopic (exact) mass is 240 g/mol. The molecule has 0 radical (unpaired) electrons. The molecule has 1 aromatic rings. The number of hydrogen-bond acceptors (Lipinski definition) is 2. The maximum absolute atomic E-state index is 6.11. The molecule has 0 atom stereocenters. The van der Waals surface area contributed by atoms with Gasteiger partial charge in [0.25, 0.3) is 0 Å². The maximum atomic E-state index is 6.11. The normalized spacial score (nSPS) is 11.0. The maximum Gasteiger partial charge on any atom is 0.0451 e. The average molecular weight is 241 g/mol. The van der Waals surface area contributed by atoms with Gasteiger partial charge in [-0.05, 0) is 44.6 Å². The second kappa shape index (κ2) is 7.66. The minimum atomic E-state index is 0.800. The van der Waals surface area contributed by atoms with E-state index >= 15 is 0 Å². The number of nitrogens with two attached hydrogens (primary N) is 1. The molecule has 0 aliphatic rings. The fourth-order valence-corrected chi connectivity index (χ4v) is 1.89. The van der Waals surface area contributed by atoms with Gasteiger partial charge in [0, 0.05) is 11.6 Å². The molecule has 1 rings (SSSR count). The number of benzene rings is 1. The van der Waals surface area contributed by atoms with Gasteiger partial charge in [-0.2, -0.15) is 0 Å². The molecule has 0 bridgehead atoms. The molecule has 0 aliphatic carbocycles. The summed E-state index contributed by atoms with van der Waals surface area (Å²) in [6.45, 7) is 2.82. The van der Waals surface area contributed by atoms with Crippen LogP contribution in [0.3, 0.4) is 0 Å². The van der Waals surface area contributed by atoms with Gasteiger partial charge in [-0.3, -0.25) is 0 Å². The largest absolute Gasteiger partial charge is 0.330 e. The van der Waals surface area contributed by atoms with Gasteiger partial charge in [-0.1, -0.05) is 36.2 Å². The van der Waals surface area contributed by atoms with Gasteiger partial charge < -0.3 is 10.6 Å². The van der Waals surface area contributed by atoms with E-state index in [2.05, 4.69) is 18.0 Å². The molecule has 0 fully saturated rings. The van der Waals surface area contributed by atoms with Crippen LogP contribution < -0.4 is 5.73 Å². The molecule has 0 unspecified atom stereocenters. The summed E-state index contributed by atoms with van der Waals surface area (Å²) in [4.78, 5) is 2.30. The van der Waals surface area contributed by atoms with E-state index in [1.165, 1.54) is 18.4 Å². The zero-order valence-electron chi connectivity index (χ0n) is 9.95. The third-order valence-electron chi connectivity index (χ3n) is 2.64. The molecule has 0 spiro atoms. The molecule has 2 N–H and O–H groups in total. The summed E-state index contributed by atoms with van der Waals surface area (Å²) in [6, 6.07) is 8.02. The quantitative estimate of drug-likeness (QED) is 0.743. The first kappa shape index (κ1) is 13.5. The Morgan fingerprint density at radius 2 is 1.94 bits per heavy atom. The highest BCUT2D eigenvalue weighted by atomic mass is 35.5. The van der Waals surface area contributed by atoms with Gasteiger partial charge in [-0.15, -0.1) is 0 Å². The van der Waals surface area contributed by atoms with Crippen molar-refractivity contribution in [3.05, 3.63) is 34.9 Å². The highest BCUT2D eigenvalue weighted by Gasteiger charge is 2.03. The molecular formula is C13H21ClN2. The highest BCUT2D eigenvalue weighted by molar-refractivity contribution is 6.31. The van der Waals surface area contributed by atoms with Gasteiger partial charge in [-0.25, -0.2) is 0 Å². The molecule has 16 heavy (non-hydrogen) atoms. The number of unbranched alkanes of at least 4 members (excludes halogenated alkanes) is 2. The fraction of sp³-hybridized carbons (Fsp3) is 0.538. The summed E-state index contributed by atoms with van der Waals surface area (Å²) < 4.78 is 0. The summed E-state index contributed by atoms with van der Waals surface area (Å²) in [5, 5.41) is 0.858. The van der Waals surface area contributed by atoms with Crippen LogP contribution >= 0.6 is 11.6 Å². The molecule has 0 saturated heterocycles. The van der Waals surface area contributed by atoms with Crippen molar-refractivity contribution >= 4 is 11.6 Å². The smallest absolute Gasteiger partial charge is 0.0451 e. The predicted octanol–water partition coefficient (Wildman–Crippen LogP) is 2.90. The van der Waals surface area contributed by atoms with Gasteiger partial charge in [0.2, 0.25) is 0 Å². The van der Waals surface area contributed by atoms with Gasteiger partial charge in [0.05, 0.1) is 0 Å². The second-order valence-electron chi connectivity index (χ2n) is 4.18. The molecule has 0 amide bonds. The first-order valence-corrected chi connectivity index (χ1v) is 6.24. The summed E-state index contributed by atoms with van der Waals surface area (Å²) in [5.74, 6) is 0. The molecule has 0 heterocycles. The molecule has 0 aromatic heterocycles. The van der Waals surface area contributed by atoms with Gasteiger partial charge in [0.15, 0.2) is 0 Å². The third-order valence-corrected chi connectivity index (χ3v) is 3.01. The predicted molar refractivity (Wildman–Crippen MR) is 70.7 cm³/mol. The Labute approximate surface area is 103 Å². The number of rotatable bonds is 7. The molecule has 0 saturated carbocycles. The molecular weight excluding hydrogens is 220 g/mol. The van der Waals surface area contributed by atoms with E-state index in [1.54, 1.807) is 0 Å². The van der Waals surface area contributed by atoms with Gasteiger partial charge >= 0.3 is 0 Å². The third kappa shape index (κ3) is 4.97. The summed E-state index contributed by atoms with van der Waals surface area (Å²) >= 11 is 6.11. The van der Waals surface area contributed by atoms with Crippen molar-refractivity contribution in [2.75, 3.05) is 20.1 Å². The summed E-state index contributed by atoms with van der Waals surface area (Å²) in [7, 11) is 2.13. The van der Waals surface area contributed by atoms with Crippen LogP contribution in [0.5, 0.6) is 0 Å². The van der Waals surface area contributed by atoms with Crippen molar-refractivity contribution in [3.8, 4) is 0 Å². The minimum Gasteiger partial charge on any atom is -0.330 e. The highest BCUT2D eigenvalue weighted by Crippen LogP contribution is 2.16. The second-order valence-corrected chi connectivity index (χ2v) is 4.59. The van der Waals surface area contributed by atoms with E-state index in [4.69, 9.17) is 17.3 Å². The summed E-state index contributed by atoms with van der Waals surface area (Å²) in [5.41, 5.74) is 6.66. The Kier molecular flexibility index (Phi) is 6.46. The average Bonchev–Trinajstić information content (AvgIpc) is 2.28. The summed E-state index contributed by atoms with van der Waals surface area (Å²) in [6.07, 6.45) is 3.54. The van der Waals surface area contributed by atoms with Crippen LogP contribution in [-0.2, 0) is 6.54 Å². The molecule has 2 nitrogen and oxygen atoms in total. The lowest BCUT2D eigenvalue weighted by molar-refractivity contribution is 0.317. The number of nitrogens with zero attached hydrogens (tertiary/aromatic N) is 1. The van der Waals surface area contributed by atoms with Crippen molar-refractivity contribution in [1.29, 1.82) is 0 Å². The fourth-order valence-electron chi connectivity index (χ4n) is 1.70. The van der Waals surface area contributed by atoms with Crippen LogP contribution in [0.15, 0.2) is 24.3 Å². The Morgan fingerprint density at radius 3 is 2.62 bits per heavy atom. The zero-order valence-corrected chi connectivity index (χ0v) is 10.7. The van der Waals surface area contributed by atoms with E-state index in [0.717, 1.165) is 31.1 Å². The van der Waals surface area contributed by atoms with E-state index < -0.39 is 0 Å². The minimum absolute atomic E-state index is 0.800. The molecule has 90 valence electrons. The molecule has 1 aromatic carbocycles. The Bertz CT molecular complexity index is 302. The van der Waals surface area contributed by atoms with Crippen molar-refractivity contribution in [2.24, 2.45) is 5.73 Å². The van der Waals surface area contributed by atoms with Crippen LogP contribution in [0.2, 0.25) is 5.02 Å². The molecule has 0 aliphatic heterocycles. The van der Waals surface area contributed by atoms with Crippen molar-refractivity contribution in [3.63, 3.8) is 0 Å². The van der Waals surface area contributed by atoms with Crippen LogP contribution in [0.4, 0.5) is 0 Å². The number of hydrogen-bond donors (Lipinski definition) is 1. The lowest BCUT2D eigenvalue weighted by atomic mass is 10.2. The standard InChI is InChI=1S/C13H21ClN2/c1-16(10-6-2-5-9-15)11-12-7-3-4-8-13(12)14/h3-4,7-8H,2,5-6,9-11,15H2,1H3. The van der Waals surface area contributed by atoms with E-state index in [1.807, 2.05) is 18.2 Å².